The number of anilines is 1. The minimum Gasteiger partial charge on any atom is -0.457 e. The summed E-state index contributed by atoms with van der Waals surface area (Å²) in [5.74, 6) is -0.347. The van der Waals surface area contributed by atoms with Gasteiger partial charge in [0.15, 0.2) is 0 Å². The van der Waals surface area contributed by atoms with Gasteiger partial charge >= 0.3 is 5.97 Å². The fourth-order valence-electron chi connectivity index (χ4n) is 1.83. The van der Waals surface area contributed by atoms with E-state index in [2.05, 4.69) is 0 Å². The Morgan fingerprint density at radius 2 is 2.05 bits per heavy atom. The number of nitrogen functional groups attached to an aromatic ring is 1. The largest absolute Gasteiger partial charge is 0.457 e. The first-order valence-electron chi connectivity index (χ1n) is 6.73. The molecular weight excluding hydrogens is 274 g/mol. The zero-order chi connectivity index (χ0) is 15.1. The van der Waals surface area contributed by atoms with Gasteiger partial charge in [-0.3, -0.25) is 0 Å². The molecule has 0 saturated heterocycles. The molecule has 1 aromatic carbocycles. The van der Waals surface area contributed by atoms with E-state index in [9.17, 15) is 4.79 Å². The van der Waals surface area contributed by atoms with Crippen molar-refractivity contribution in [1.29, 1.82) is 0 Å². The van der Waals surface area contributed by atoms with Crippen molar-refractivity contribution in [3.8, 4) is 0 Å². The monoisotopic (exact) mass is 293 g/mol. The van der Waals surface area contributed by atoms with Crippen molar-refractivity contribution in [2.75, 3.05) is 39.3 Å². The van der Waals surface area contributed by atoms with Crippen molar-refractivity contribution >= 4 is 22.6 Å². The molecular formula is C15H19NO5. The minimum absolute atomic E-state index is 0.162. The number of carbonyl (C=O) groups is 1. The first-order chi connectivity index (χ1) is 10.2. The molecule has 0 unspecified atom stereocenters. The summed E-state index contributed by atoms with van der Waals surface area (Å²) in [6, 6.07) is 6.80. The Balaban J connectivity index is 1.77. The van der Waals surface area contributed by atoms with Crippen LogP contribution in [0.4, 0.5) is 5.69 Å². The van der Waals surface area contributed by atoms with Gasteiger partial charge < -0.3 is 24.4 Å². The first-order valence-corrected chi connectivity index (χ1v) is 6.73. The molecule has 21 heavy (non-hydrogen) atoms. The third kappa shape index (κ3) is 4.47. The maximum atomic E-state index is 11.8. The fraction of sp³-hybridized carbons (Fsp3) is 0.400. The Labute approximate surface area is 122 Å². The molecule has 0 fully saturated rings. The van der Waals surface area contributed by atoms with Crippen LogP contribution in [0.15, 0.2) is 28.7 Å². The molecule has 114 valence electrons. The zero-order valence-electron chi connectivity index (χ0n) is 12.0. The number of esters is 1. The second-order valence-corrected chi connectivity index (χ2v) is 4.50. The molecule has 2 aromatic rings. The molecule has 6 nitrogen and oxygen atoms in total. The smallest absolute Gasteiger partial charge is 0.374 e. The average Bonchev–Trinajstić information content (AvgIpc) is 2.89. The predicted molar refractivity (Wildman–Crippen MR) is 78.2 cm³/mol. The van der Waals surface area contributed by atoms with Gasteiger partial charge in [0.2, 0.25) is 5.76 Å². The van der Waals surface area contributed by atoms with Crippen LogP contribution in [0.2, 0.25) is 0 Å². The highest BCUT2D eigenvalue weighted by molar-refractivity contribution is 5.93. The van der Waals surface area contributed by atoms with Gasteiger partial charge in [-0.2, -0.15) is 0 Å². The van der Waals surface area contributed by atoms with E-state index in [1.807, 2.05) is 0 Å². The summed E-state index contributed by atoms with van der Waals surface area (Å²) in [6.07, 6.45) is 0.815. The van der Waals surface area contributed by atoms with Gasteiger partial charge in [-0.05, 0) is 30.7 Å². The van der Waals surface area contributed by atoms with Crippen molar-refractivity contribution in [3.63, 3.8) is 0 Å². The van der Waals surface area contributed by atoms with Gasteiger partial charge in [-0.25, -0.2) is 4.79 Å². The average molecular weight is 293 g/mol. The first kappa shape index (κ1) is 15.3. The van der Waals surface area contributed by atoms with Gasteiger partial charge in [0.05, 0.1) is 6.61 Å². The molecule has 2 N–H and O–H groups in total. The zero-order valence-corrected chi connectivity index (χ0v) is 12.0. The van der Waals surface area contributed by atoms with Crippen molar-refractivity contribution in [3.05, 3.63) is 30.0 Å². The lowest BCUT2D eigenvalue weighted by molar-refractivity contribution is 0.0262. The minimum atomic E-state index is -0.509. The summed E-state index contributed by atoms with van der Waals surface area (Å²) in [6.45, 7) is 1.77. The number of nitrogens with two attached hydrogens (primary N) is 1. The van der Waals surface area contributed by atoms with Gasteiger partial charge in [0.1, 0.15) is 12.2 Å². The lowest BCUT2D eigenvalue weighted by atomic mass is 10.2. The van der Waals surface area contributed by atoms with E-state index in [0.29, 0.717) is 31.1 Å². The molecule has 6 heteroatoms. The van der Waals surface area contributed by atoms with E-state index in [-0.39, 0.29) is 12.4 Å². The number of benzene rings is 1. The standard InChI is InChI=1S/C15H19NO5/c1-18-5-2-6-19-7-8-20-15(17)14-10-11-9-12(16)3-4-13(11)21-14/h3-4,9-10H,2,5-8,16H2,1H3. The molecule has 1 aromatic heterocycles. The summed E-state index contributed by atoms with van der Waals surface area (Å²) in [5.41, 5.74) is 6.90. The summed E-state index contributed by atoms with van der Waals surface area (Å²) < 4.78 is 20.7. The maximum Gasteiger partial charge on any atom is 0.374 e. The van der Waals surface area contributed by atoms with Crippen LogP contribution < -0.4 is 5.73 Å². The number of ether oxygens (including phenoxy) is 3. The Morgan fingerprint density at radius 3 is 2.86 bits per heavy atom. The van der Waals surface area contributed by atoms with Crippen molar-refractivity contribution in [2.45, 2.75) is 6.42 Å². The Kier molecular flexibility index (Phi) is 5.59. The van der Waals surface area contributed by atoms with Gasteiger partial charge in [-0.15, -0.1) is 0 Å². The maximum absolute atomic E-state index is 11.8. The summed E-state index contributed by atoms with van der Waals surface area (Å²) in [4.78, 5) is 11.8. The highest BCUT2D eigenvalue weighted by Crippen LogP contribution is 2.22. The number of hydrogen-bond acceptors (Lipinski definition) is 6. The van der Waals surface area contributed by atoms with Crippen molar-refractivity contribution in [1.82, 2.24) is 0 Å². The molecule has 0 aliphatic rings. The molecule has 0 aliphatic carbocycles. The van der Waals surface area contributed by atoms with Crippen molar-refractivity contribution < 1.29 is 23.4 Å². The molecule has 1 heterocycles. The second-order valence-electron chi connectivity index (χ2n) is 4.50. The molecule has 0 radical (unpaired) electrons. The third-order valence-electron chi connectivity index (χ3n) is 2.84. The SMILES string of the molecule is COCCCOCCOC(=O)c1cc2cc(N)ccc2o1. The number of methoxy groups -OCH3 is 1. The number of rotatable bonds is 8. The van der Waals surface area contributed by atoms with Crippen LogP contribution in [-0.4, -0.2) is 39.5 Å². The number of fused-ring (bicyclic) bond motifs is 1. The van der Waals surface area contributed by atoms with E-state index in [0.717, 1.165) is 11.8 Å². The molecule has 0 saturated carbocycles. The highest BCUT2D eigenvalue weighted by Gasteiger charge is 2.13. The Morgan fingerprint density at radius 1 is 1.19 bits per heavy atom. The predicted octanol–water partition coefficient (Wildman–Crippen LogP) is 2.22. The van der Waals surface area contributed by atoms with E-state index < -0.39 is 5.97 Å². The summed E-state index contributed by atoms with van der Waals surface area (Å²) in [5, 5.41) is 0.776. The van der Waals surface area contributed by atoms with Crippen LogP contribution in [0.3, 0.4) is 0 Å². The third-order valence-corrected chi connectivity index (χ3v) is 2.84. The lowest BCUT2D eigenvalue weighted by Crippen LogP contribution is -2.11. The Bertz CT molecular complexity index is 593. The van der Waals surface area contributed by atoms with Crippen LogP contribution in [0.5, 0.6) is 0 Å². The van der Waals surface area contributed by atoms with Gasteiger partial charge in [0, 0.05) is 31.4 Å². The normalized spacial score (nSPS) is 10.9. The van der Waals surface area contributed by atoms with Gasteiger partial charge in [-0.1, -0.05) is 0 Å². The summed E-state index contributed by atoms with van der Waals surface area (Å²) >= 11 is 0. The van der Waals surface area contributed by atoms with E-state index >= 15 is 0 Å². The molecule has 0 amide bonds. The molecule has 2 rings (SSSR count). The van der Waals surface area contributed by atoms with E-state index in [1.54, 1.807) is 31.4 Å². The molecule has 0 spiro atoms. The van der Waals surface area contributed by atoms with Crippen molar-refractivity contribution in [2.24, 2.45) is 0 Å². The van der Waals surface area contributed by atoms with Crippen LogP contribution in [0.1, 0.15) is 17.0 Å². The van der Waals surface area contributed by atoms with Crippen LogP contribution in [-0.2, 0) is 14.2 Å². The Hall–Kier alpha value is -2.05. The topological polar surface area (TPSA) is 83.9 Å². The molecule has 0 aliphatic heterocycles. The molecule has 0 bridgehead atoms. The lowest BCUT2D eigenvalue weighted by Gasteiger charge is -2.04. The van der Waals surface area contributed by atoms with Crippen LogP contribution in [0.25, 0.3) is 11.0 Å². The second kappa shape index (κ2) is 7.66. The number of furan rings is 1. The van der Waals surface area contributed by atoms with Crippen LogP contribution in [0, 0.1) is 0 Å². The number of carbonyl (C=O) groups excluding carboxylic acids is 1. The molecule has 0 atom stereocenters. The summed E-state index contributed by atoms with van der Waals surface area (Å²) in [7, 11) is 1.64. The quantitative estimate of drug-likeness (QED) is 0.456. The van der Waals surface area contributed by atoms with Crippen LogP contribution >= 0.6 is 0 Å². The highest BCUT2D eigenvalue weighted by atomic mass is 16.6. The van der Waals surface area contributed by atoms with Gasteiger partial charge in [0.25, 0.3) is 0 Å². The fourth-order valence-corrected chi connectivity index (χ4v) is 1.83. The van der Waals surface area contributed by atoms with E-state index in [1.165, 1.54) is 0 Å². The van der Waals surface area contributed by atoms with E-state index in [4.69, 9.17) is 24.4 Å². The number of hydrogen-bond donors (Lipinski definition) is 1.